The zero-order valence-corrected chi connectivity index (χ0v) is 15.4. The normalized spacial score (nSPS) is 12.9. The van der Waals surface area contributed by atoms with Crippen molar-refractivity contribution in [3.8, 4) is 0 Å². The molecule has 132 valence electrons. The minimum absolute atomic E-state index is 0.332. The molecule has 0 spiro atoms. The highest BCUT2D eigenvalue weighted by molar-refractivity contribution is 5.71. The lowest BCUT2D eigenvalue weighted by atomic mass is 9.96. The number of aliphatic imine (C=N–C) groups is 2. The quantitative estimate of drug-likeness (QED) is 0.727. The van der Waals surface area contributed by atoms with E-state index in [1.54, 1.807) is 6.21 Å². The minimum Gasteiger partial charge on any atom is -0.444 e. The van der Waals surface area contributed by atoms with Crippen molar-refractivity contribution < 1.29 is 9.53 Å². The van der Waals surface area contributed by atoms with Crippen LogP contribution in [0.25, 0.3) is 0 Å². The largest absolute Gasteiger partial charge is 0.444 e. The number of nitrogens with zero attached hydrogens (tertiary/aromatic N) is 2. The number of hydrogen-bond donors (Lipinski definition) is 1. The summed E-state index contributed by atoms with van der Waals surface area (Å²) in [6, 6.07) is 5.99. The van der Waals surface area contributed by atoms with Gasteiger partial charge in [0.05, 0.1) is 11.4 Å². The van der Waals surface area contributed by atoms with Gasteiger partial charge in [-0.05, 0) is 64.4 Å². The lowest BCUT2D eigenvalue weighted by Crippen LogP contribution is -2.35. The average molecular weight is 331 g/mol. The van der Waals surface area contributed by atoms with E-state index in [1.807, 2.05) is 45.9 Å². The van der Waals surface area contributed by atoms with Crippen molar-refractivity contribution in [1.29, 1.82) is 0 Å². The summed E-state index contributed by atoms with van der Waals surface area (Å²) in [7, 11) is 0. The number of carbonyl (C=O) groups excluding carboxylic acids is 1. The Bertz CT molecular complexity index is 589. The summed E-state index contributed by atoms with van der Waals surface area (Å²) >= 11 is 0. The van der Waals surface area contributed by atoms with E-state index in [1.165, 1.54) is 5.56 Å². The zero-order chi connectivity index (χ0) is 18.2. The highest BCUT2D eigenvalue weighted by Gasteiger charge is 2.17. The van der Waals surface area contributed by atoms with E-state index in [0.717, 1.165) is 24.2 Å². The van der Waals surface area contributed by atoms with Gasteiger partial charge in [-0.2, -0.15) is 0 Å². The zero-order valence-electron chi connectivity index (χ0n) is 15.4. The molecule has 0 aliphatic heterocycles. The molecule has 1 atom stereocenters. The van der Waals surface area contributed by atoms with Crippen LogP contribution in [-0.4, -0.2) is 31.2 Å². The molecule has 0 fully saturated rings. The van der Waals surface area contributed by atoms with Crippen LogP contribution in [0.1, 0.15) is 46.6 Å². The van der Waals surface area contributed by atoms with Gasteiger partial charge in [0.1, 0.15) is 5.60 Å². The first-order valence-corrected chi connectivity index (χ1v) is 8.34. The molecule has 24 heavy (non-hydrogen) atoms. The molecule has 5 heteroatoms. The molecule has 1 rings (SSSR count). The van der Waals surface area contributed by atoms with Gasteiger partial charge in [0.15, 0.2) is 0 Å². The number of carbonyl (C=O) groups is 1. The second-order valence-electron chi connectivity index (χ2n) is 6.73. The van der Waals surface area contributed by atoms with E-state index >= 15 is 0 Å². The van der Waals surface area contributed by atoms with Crippen molar-refractivity contribution in [3.05, 3.63) is 23.8 Å². The van der Waals surface area contributed by atoms with Crippen LogP contribution in [0.2, 0.25) is 0 Å². The highest BCUT2D eigenvalue weighted by atomic mass is 16.6. The fourth-order valence-corrected chi connectivity index (χ4v) is 2.31. The fraction of sp³-hybridized carbons (Fsp3) is 0.526. The third-order valence-electron chi connectivity index (χ3n) is 3.51. The van der Waals surface area contributed by atoms with Crippen molar-refractivity contribution in [2.75, 3.05) is 6.54 Å². The number of ether oxygens (including phenoxy) is 1. The fourth-order valence-electron chi connectivity index (χ4n) is 2.31. The molecule has 1 unspecified atom stereocenters. The van der Waals surface area contributed by atoms with Crippen LogP contribution in [-0.2, 0) is 11.2 Å². The molecule has 1 N–H and O–H groups in total. The van der Waals surface area contributed by atoms with Crippen LogP contribution in [0, 0.1) is 5.92 Å². The Morgan fingerprint density at radius 3 is 2.62 bits per heavy atom. The third-order valence-corrected chi connectivity index (χ3v) is 3.51. The highest BCUT2D eigenvalue weighted by Crippen LogP contribution is 2.29. The van der Waals surface area contributed by atoms with Crippen molar-refractivity contribution in [2.24, 2.45) is 15.9 Å². The maximum absolute atomic E-state index is 11.8. The Kier molecular flexibility index (Phi) is 7.62. The summed E-state index contributed by atoms with van der Waals surface area (Å²) < 4.78 is 5.28. The molecule has 1 aromatic rings. The lowest BCUT2D eigenvalue weighted by molar-refractivity contribution is 0.0518. The standard InChI is InChI=1S/C19H29N3O2/c1-7-14(13-22-18(23)24-19(3,4)5)11-15-9-10-16(20-6)17(12-15)21-8-2/h8-10,12,14H,6-7,11,13H2,1-5H3,(H,22,23). The van der Waals surface area contributed by atoms with Crippen molar-refractivity contribution in [1.82, 2.24) is 5.32 Å². The van der Waals surface area contributed by atoms with Crippen molar-refractivity contribution in [2.45, 2.75) is 53.1 Å². The predicted molar refractivity (Wildman–Crippen MR) is 101 cm³/mol. The molecule has 0 saturated heterocycles. The maximum atomic E-state index is 11.8. The molecule has 5 nitrogen and oxygen atoms in total. The van der Waals surface area contributed by atoms with E-state index in [4.69, 9.17) is 4.74 Å². The topological polar surface area (TPSA) is 63.0 Å². The van der Waals surface area contributed by atoms with Gasteiger partial charge in [0.2, 0.25) is 0 Å². The first-order chi connectivity index (χ1) is 11.3. The number of nitrogens with one attached hydrogen (secondary N) is 1. The molecule has 1 amide bonds. The number of rotatable bonds is 7. The van der Waals surface area contributed by atoms with Crippen molar-refractivity contribution in [3.63, 3.8) is 0 Å². The summed E-state index contributed by atoms with van der Waals surface area (Å²) in [5, 5.41) is 2.85. The molecule has 1 aromatic carbocycles. The Hall–Kier alpha value is -2.17. The van der Waals surface area contributed by atoms with E-state index < -0.39 is 5.60 Å². The van der Waals surface area contributed by atoms with Gasteiger partial charge in [0, 0.05) is 12.8 Å². The van der Waals surface area contributed by atoms with Crippen LogP contribution in [0.5, 0.6) is 0 Å². The number of hydrogen-bond acceptors (Lipinski definition) is 4. The van der Waals surface area contributed by atoms with Gasteiger partial charge in [-0.1, -0.05) is 19.4 Å². The van der Waals surface area contributed by atoms with Gasteiger partial charge in [-0.3, -0.25) is 9.98 Å². The molecule has 0 radical (unpaired) electrons. The first-order valence-electron chi connectivity index (χ1n) is 8.34. The predicted octanol–water partition coefficient (Wildman–Crippen LogP) is 4.83. The summed E-state index contributed by atoms with van der Waals surface area (Å²) in [4.78, 5) is 20.1. The van der Waals surface area contributed by atoms with Gasteiger partial charge in [-0.25, -0.2) is 4.79 Å². The molecule has 0 saturated carbocycles. The van der Waals surface area contributed by atoms with Crippen LogP contribution in [0.4, 0.5) is 16.2 Å². The molecule has 0 heterocycles. The van der Waals surface area contributed by atoms with Gasteiger partial charge >= 0.3 is 6.09 Å². The van der Waals surface area contributed by atoms with Crippen molar-refractivity contribution >= 4 is 30.4 Å². The maximum Gasteiger partial charge on any atom is 0.407 e. The minimum atomic E-state index is -0.480. The molecule has 0 aromatic heterocycles. The summed E-state index contributed by atoms with van der Waals surface area (Å²) in [6.07, 6.45) is 3.19. The SMILES string of the molecule is C=Nc1ccc(CC(CC)CNC(=O)OC(C)(C)C)cc1N=CC. The summed E-state index contributed by atoms with van der Waals surface area (Å²) in [5.74, 6) is 0.332. The van der Waals surface area contributed by atoms with Crippen LogP contribution >= 0.6 is 0 Å². The monoisotopic (exact) mass is 331 g/mol. The Labute approximate surface area is 145 Å². The Morgan fingerprint density at radius 1 is 1.38 bits per heavy atom. The van der Waals surface area contributed by atoms with Gasteiger partial charge in [0.25, 0.3) is 0 Å². The molecule has 0 aliphatic carbocycles. The van der Waals surface area contributed by atoms with E-state index in [2.05, 4.69) is 28.9 Å². The number of benzene rings is 1. The van der Waals surface area contributed by atoms with E-state index in [-0.39, 0.29) is 6.09 Å². The van der Waals surface area contributed by atoms with Crippen LogP contribution < -0.4 is 5.32 Å². The Balaban J connectivity index is 2.70. The second kappa shape index (κ2) is 9.21. The number of alkyl carbamates (subject to hydrolysis) is 1. The Morgan fingerprint density at radius 2 is 2.08 bits per heavy atom. The van der Waals surface area contributed by atoms with Crippen LogP contribution in [0.15, 0.2) is 28.2 Å². The average Bonchev–Trinajstić information content (AvgIpc) is 2.50. The molecular weight excluding hydrogens is 302 g/mol. The van der Waals surface area contributed by atoms with Crippen LogP contribution in [0.3, 0.4) is 0 Å². The summed E-state index contributed by atoms with van der Waals surface area (Å²) in [6.45, 7) is 13.7. The summed E-state index contributed by atoms with van der Waals surface area (Å²) in [5.41, 5.74) is 2.28. The molecular formula is C19H29N3O2. The van der Waals surface area contributed by atoms with E-state index in [9.17, 15) is 4.79 Å². The third kappa shape index (κ3) is 6.94. The lowest BCUT2D eigenvalue weighted by Gasteiger charge is -2.21. The number of amides is 1. The van der Waals surface area contributed by atoms with Gasteiger partial charge in [-0.15, -0.1) is 0 Å². The smallest absolute Gasteiger partial charge is 0.407 e. The van der Waals surface area contributed by atoms with E-state index in [0.29, 0.717) is 12.5 Å². The first kappa shape index (κ1) is 19.9. The second-order valence-corrected chi connectivity index (χ2v) is 6.73. The van der Waals surface area contributed by atoms with Gasteiger partial charge < -0.3 is 10.1 Å². The molecule has 0 aliphatic rings. The molecule has 0 bridgehead atoms.